The third kappa shape index (κ3) is 3.70. The Morgan fingerprint density at radius 2 is 1.79 bits per heavy atom. The number of fused-ring (bicyclic) bond motifs is 1. The normalized spacial score (nSPS) is 11.4. The van der Waals surface area contributed by atoms with Crippen LogP contribution in [0.25, 0.3) is 10.9 Å². The number of hydrogen-bond donors (Lipinski definition) is 1. The Labute approximate surface area is 170 Å². The quantitative estimate of drug-likeness (QED) is 0.462. The third-order valence-corrected chi connectivity index (χ3v) is 7.55. The molecule has 0 saturated heterocycles. The van der Waals surface area contributed by atoms with Crippen molar-refractivity contribution in [2.75, 3.05) is 31.5 Å². The van der Waals surface area contributed by atoms with Gasteiger partial charge >= 0.3 is 170 Å². The number of nitrogens with one attached hydrogen (secondary N) is 1. The molecule has 148 valence electrons. The number of carbonyl (C=O) groups excluding carboxylic acids is 1. The molecule has 0 saturated carbocycles. The van der Waals surface area contributed by atoms with E-state index in [2.05, 4.69) is 42.1 Å². The average Bonchev–Trinajstić information content (AvgIpc) is 3.10. The van der Waals surface area contributed by atoms with E-state index in [1.54, 1.807) is 14.2 Å². The molecule has 0 bridgehead atoms. The van der Waals surface area contributed by atoms with Crippen molar-refractivity contribution in [1.82, 2.24) is 9.97 Å². The number of aromatic nitrogens is 2. The van der Waals surface area contributed by atoms with Gasteiger partial charge in [-0.1, -0.05) is 0 Å². The molecule has 0 radical (unpaired) electrons. The van der Waals surface area contributed by atoms with Crippen molar-refractivity contribution in [2.45, 2.75) is 26.2 Å². The van der Waals surface area contributed by atoms with Crippen LogP contribution in [0.1, 0.15) is 25.2 Å². The molecule has 1 aromatic carbocycles. The van der Waals surface area contributed by atoms with Crippen LogP contribution in [0.3, 0.4) is 0 Å². The minimum atomic E-state index is 0.0305. The fourth-order valence-corrected chi connectivity index (χ4v) is 5.22. The number of benzene rings is 1. The molecule has 7 nitrogen and oxygen atoms in total. The maximum absolute atomic E-state index is 11.2. The molecule has 1 N–H and O–H groups in total. The van der Waals surface area contributed by atoms with Crippen LogP contribution in [0.4, 0.5) is 16.1 Å². The van der Waals surface area contributed by atoms with Crippen molar-refractivity contribution in [3.8, 4) is 11.5 Å². The van der Waals surface area contributed by atoms with E-state index in [-0.39, 0.29) is 19.9 Å². The van der Waals surface area contributed by atoms with E-state index in [0.29, 0.717) is 11.5 Å². The number of hydrogen-bond acceptors (Lipinski definition) is 6. The number of rotatable bonds is 6. The van der Waals surface area contributed by atoms with Crippen LogP contribution < -0.4 is 19.7 Å². The fraction of sp³-hybridized carbons (Fsp3) is 0.350. The van der Waals surface area contributed by atoms with E-state index in [0.717, 1.165) is 33.4 Å². The van der Waals surface area contributed by atoms with Gasteiger partial charge in [0.25, 0.3) is 0 Å². The fourth-order valence-electron chi connectivity index (χ4n) is 2.91. The molecule has 3 aromatic rings. The summed E-state index contributed by atoms with van der Waals surface area (Å²) in [6, 6.07) is 5.86. The zero-order chi connectivity index (χ0) is 20.5. The summed E-state index contributed by atoms with van der Waals surface area (Å²) < 4.78 is 13.1. The van der Waals surface area contributed by atoms with Crippen molar-refractivity contribution >= 4 is 47.9 Å². The van der Waals surface area contributed by atoms with Gasteiger partial charge in [0.05, 0.1) is 0 Å². The number of nitrogens with zero attached hydrogens (tertiary/aromatic N) is 3. The molecule has 0 unspecified atom stereocenters. The second-order valence-electron chi connectivity index (χ2n) is 7.32. The number of anilines is 3. The summed E-state index contributed by atoms with van der Waals surface area (Å²) in [7, 11) is 5.14. The van der Waals surface area contributed by atoms with E-state index < -0.39 is 0 Å². The van der Waals surface area contributed by atoms with Gasteiger partial charge in [-0.15, -0.1) is 0 Å². The topological polar surface area (TPSA) is 76.6 Å². The Kier molecular flexibility index (Phi) is 5.63. The monoisotopic (exact) mass is 448 g/mol. The van der Waals surface area contributed by atoms with Gasteiger partial charge in [-0.3, -0.25) is 0 Å². The summed E-state index contributed by atoms with van der Waals surface area (Å²) in [5.41, 5.74) is 1.72. The molecule has 0 aliphatic rings. The average molecular weight is 447 g/mol. The number of carbonyl (C=O) groups is 1. The summed E-state index contributed by atoms with van der Waals surface area (Å²) in [6.07, 6.45) is 2.26. The van der Waals surface area contributed by atoms with E-state index in [1.807, 2.05) is 24.1 Å². The predicted molar refractivity (Wildman–Crippen MR) is 112 cm³/mol. The van der Waals surface area contributed by atoms with Crippen LogP contribution >= 0.6 is 0 Å². The molecule has 1 amide bonds. The van der Waals surface area contributed by atoms with Gasteiger partial charge in [-0.2, -0.15) is 0 Å². The first kappa shape index (κ1) is 20.2. The molecule has 0 fully saturated rings. The van der Waals surface area contributed by atoms with Crippen molar-refractivity contribution in [2.24, 2.45) is 0 Å². The summed E-state index contributed by atoms with van der Waals surface area (Å²) in [5.74, 6) is 1.96. The van der Waals surface area contributed by atoms with Crippen molar-refractivity contribution in [3.63, 3.8) is 0 Å². The van der Waals surface area contributed by atoms with Crippen LogP contribution in [0.15, 0.2) is 24.5 Å². The molecule has 0 aliphatic heterocycles. The first-order valence-electron chi connectivity index (χ1n) is 8.75. The summed E-state index contributed by atoms with van der Waals surface area (Å²) in [5, 5.41) is 3.72. The van der Waals surface area contributed by atoms with Gasteiger partial charge in [0.1, 0.15) is 0 Å². The predicted octanol–water partition coefficient (Wildman–Crippen LogP) is 3.34. The first-order valence-corrected chi connectivity index (χ1v) is 10.5. The standard InChI is InChI=1S/C20H24N4O3Se/c1-20(2,3)17-9-14(19(28-17)23-11-25)24(4)18-12-7-15(26-5)16(27-6)8-13(12)21-10-22-18/h7-11H,1-6H3,(H,23,25). The van der Waals surface area contributed by atoms with E-state index in [4.69, 9.17) is 9.47 Å². The van der Waals surface area contributed by atoms with Gasteiger partial charge in [-0.25, -0.2) is 0 Å². The van der Waals surface area contributed by atoms with Crippen molar-refractivity contribution in [3.05, 3.63) is 29.0 Å². The molecule has 3 rings (SSSR count). The zero-order valence-electron chi connectivity index (χ0n) is 16.9. The van der Waals surface area contributed by atoms with Crippen LogP contribution in [0, 0.1) is 0 Å². The number of methoxy groups -OCH3 is 2. The van der Waals surface area contributed by atoms with Gasteiger partial charge in [0.2, 0.25) is 0 Å². The second kappa shape index (κ2) is 7.81. The Morgan fingerprint density at radius 1 is 1.11 bits per heavy atom. The molecule has 0 spiro atoms. The molecule has 2 aromatic heterocycles. The Bertz CT molecular complexity index is 1010. The maximum atomic E-state index is 11.2. The second-order valence-corrected chi connectivity index (χ2v) is 9.53. The van der Waals surface area contributed by atoms with Crippen LogP contribution in [-0.2, 0) is 10.2 Å². The third-order valence-electron chi connectivity index (χ3n) is 4.44. The number of amides is 1. The molecule has 28 heavy (non-hydrogen) atoms. The van der Waals surface area contributed by atoms with Crippen molar-refractivity contribution < 1.29 is 14.3 Å². The van der Waals surface area contributed by atoms with E-state index in [9.17, 15) is 4.79 Å². The van der Waals surface area contributed by atoms with Crippen molar-refractivity contribution in [1.29, 1.82) is 0 Å². The van der Waals surface area contributed by atoms with Gasteiger partial charge in [0, 0.05) is 0 Å². The molecule has 2 heterocycles. The van der Waals surface area contributed by atoms with E-state index >= 15 is 0 Å². The summed E-state index contributed by atoms with van der Waals surface area (Å²) in [4.78, 5) is 22.0. The first-order chi connectivity index (χ1) is 13.3. The Balaban J connectivity index is 2.17. The summed E-state index contributed by atoms with van der Waals surface area (Å²) in [6.45, 7) is 6.54. The molecular weight excluding hydrogens is 423 g/mol. The Morgan fingerprint density at radius 3 is 2.39 bits per heavy atom. The van der Waals surface area contributed by atoms with Crippen LogP contribution in [-0.4, -0.2) is 52.1 Å². The molecule has 8 heteroatoms. The SMILES string of the molecule is COc1cc2ncnc(N(C)c3cc(C(C)(C)C)[se]c3NC=O)c2cc1OC. The molecule has 0 aliphatic carbocycles. The minimum absolute atomic E-state index is 0.0305. The zero-order valence-corrected chi connectivity index (χ0v) is 18.6. The summed E-state index contributed by atoms with van der Waals surface area (Å²) >= 11 is 0.0481. The van der Waals surface area contributed by atoms with Gasteiger partial charge < -0.3 is 0 Å². The molecular formula is C20H24N4O3Se. The number of ether oxygens (including phenoxy) is 2. The van der Waals surface area contributed by atoms with Crippen LogP contribution in [0.2, 0.25) is 0 Å². The van der Waals surface area contributed by atoms with Gasteiger partial charge in [0.15, 0.2) is 0 Å². The van der Waals surface area contributed by atoms with Gasteiger partial charge in [-0.05, 0) is 0 Å². The van der Waals surface area contributed by atoms with E-state index in [1.165, 1.54) is 10.8 Å². The Hall–Kier alpha value is -2.57. The molecule has 0 atom stereocenters. The van der Waals surface area contributed by atoms with Crippen LogP contribution in [0.5, 0.6) is 11.5 Å².